The fourth-order valence-electron chi connectivity index (χ4n) is 0.548. The van der Waals surface area contributed by atoms with Crippen LogP contribution in [-0.2, 0) is 0 Å². The number of rotatable bonds is 2. The van der Waals surface area contributed by atoms with Crippen LogP contribution in [0.4, 0.5) is 5.00 Å². The van der Waals surface area contributed by atoms with Crippen LogP contribution in [0.25, 0.3) is 0 Å². The van der Waals surface area contributed by atoms with Gasteiger partial charge in [-0.2, -0.15) is 0 Å². The first kappa shape index (κ1) is 9.75. The van der Waals surface area contributed by atoms with Crippen LogP contribution < -0.4 is 0 Å². The van der Waals surface area contributed by atoms with Gasteiger partial charge in [-0.1, -0.05) is 9.80 Å². The number of nitrogens with zero attached hydrogens (tertiary/aromatic N) is 1. The Bertz CT molecular complexity index is 306. The Hall–Kier alpha value is -0.340. The quantitative estimate of drug-likeness (QED) is 0.603. The second-order valence-electron chi connectivity index (χ2n) is 1.83. The van der Waals surface area contributed by atoms with Gasteiger partial charge in [0.05, 0.1) is 4.92 Å². The number of nitro groups is 1. The molecular weight excluding hydrogens is 226 g/mol. The standard InChI is InChI=1S/C4H4ClNO4S2/c5-12(9,10)4-2-1-3(11-4)6(7)8/h1-2,9-10H. The lowest BCUT2D eigenvalue weighted by Crippen LogP contribution is -1.83. The molecule has 5 nitrogen and oxygen atoms in total. The molecule has 1 heterocycles. The highest BCUT2D eigenvalue weighted by Gasteiger charge is 2.18. The fraction of sp³-hybridized carbons (Fsp3) is 0. The van der Waals surface area contributed by atoms with E-state index in [-0.39, 0.29) is 9.21 Å². The van der Waals surface area contributed by atoms with Crippen LogP contribution >= 0.6 is 31.8 Å². The number of halogens is 1. The second kappa shape index (κ2) is 3.19. The maximum absolute atomic E-state index is 10.2. The Kier molecular flexibility index (Phi) is 2.59. The monoisotopic (exact) mass is 229 g/mol. The molecule has 68 valence electrons. The SMILES string of the molecule is O=[N+]([O-])c1ccc(S(O)(O)Cl)s1. The van der Waals surface area contributed by atoms with Gasteiger partial charge in [-0.25, -0.2) is 0 Å². The third-order valence-corrected chi connectivity index (χ3v) is 4.20. The molecule has 0 aliphatic rings. The van der Waals surface area contributed by atoms with Gasteiger partial charge in [0.15, 0.2) is 0 Å². The van der Waals surface area contributed by atoms with Gasteiger partial charge in [0.1, 0.15) is 4.21 Å². The summed E-state index contributed by atoms with van der Waals surface area (Å²) in [7, 11) is 1.83. The van der Waals surface area contributed by atoms with Gasteiger partial charge in [-0.05, 0) is 17.4 Å². The highest BCUT2D eigenvalue weighted by molar-refractivity contribution is 8.43. The fourth-order valence-corrected chi connectivity index (χ4v) is 2.46. The Labute approximate surface area is 77.6 Å². The number of hydrogen-bond donors (Lipinski definition) is 2. The zero-order valence-corrected chi connectivity index (χ0v) is 7.90. The summed E-state index contributed by atoms with van der Waals surface area (Å²) < 4.78 is 17.8. The van der Waals surface area contributed by atoms with Crippen molar-refractivity contribution in [2.45, 2.75) is 4.21 Å². The minimum atomic E-state index is -3.33. The lowest BCUT2D eigenvalue weighted by molar-refractivity contribution is -0.380. The largest absolute Gasteiger partial charge is 0.325 e. The third kappa shape index (κ3) is 2.08. The summed E-state index contributed by atoms with van der Waals surface area (Å²) in [5.74, 6) is 0. The second-order valence-corrected chi connectivity index (χ2v) is 5.84. The highest BCUT2D eigenvalue weighted by Crippen LogP contribution is 2.56. The predicted octanol–water partition coefficient (Wildman–Crippen LogP) is 2.92. The minimum Gasteiger partial charge on any atom is -0.280 e. The summed E-state index contributed by atoms with van der Waals surface area (Å²) in [5.41, 5.74) is 0. The number of hydrogen-bond acceptors (Lipinski definition) is 5. The van der Waals surface area contributed by atoms with E-state index in [9.17, 15) is 10.1 Å². The highest BCUT2D eigenvalue weighted by atomic mass is 35.7. The molecule has 0 aliphatic carbocycles. The summed E-state index contributed by atoms with van der Waals surface area (Å²) in [6.07, 6.45) is 0. The van der Waals surface area contributed by atoms with E-state index in [4.69, 9.17) is 19.8 Å². The van der Waals surface area contributed by atoms with Crippen molar-refractivity contribution in [1.29, 1.82) is 0 Å². The lowest BCUT2D eigenvalue weighted by atomic mass is 10.6. The molecule has 0 amide bonds. The molecule has 12 heavy (non-hydrogen) atoms. The Morgan fingerprint density at radius 2 is 2.17 bits per heavy atom. The summed E-state index contributed by atoms with van der Waals surface area (Å²) in [6, 6.07) is 2.40. The van der Waals surface area contributed by atoms with E-state index in [1.165, 1.54) is 12.1 Å². The molecule has 0 bridgehead atoms. The molecule has 0 spiro atoms. The molecule has 0 saturated heterocycles. The zero-order valence-electron chi connectivity index (χ0n) is 5.51. The smallest absolute Gasteiger partial charge is 0.280 e. The first-order valence-electron chi connectivity index (χ1n) is 2.63. The van der Waals surface area contributed by atoms with Crippen molar-refractivity contribution < 1.29 is 14.0 Å². The van der Waals surface area contributed by atoms with Crippen LogP contribution in [0.2, 0.25) is 0 Å². The third-order valence-electron chi connectivity index (χ3n) is 1.00. The van der Waals surface area contributed by atoms with Crippen LogP contribution in [0.1, 0.15) is 0 Å². The van der Waals surface area contributed by atoms with Gasteiger partial charge in [0.25, 0.3) is 0 Å². The molecule has 0 aliphatic heterocycles. The van der Waals surface area contributed by atoms with Crippen molar-refractivity contribution in [2.75, 3.05) is 0 Å². The van der Waals surface area contributed by atoms with Crippen LogP contribution in [0.3, 0.4) is 0 Å². The maximum atomic E-state index is 10.2. The minimum absolute atomic E-state index is 0.0101. The Balaban J connectivity index is 3.00. The molecule has 8 heteroatoms. The summed E-state index contributed by atoms with van der Waals surface area (Å²) in [5, 5.41) is 10.00. The Morgan fingerprint density at radius 3 is 2.42 bits per heavy atom. The van der Waals surface area contributed by atoms with Gasteiger partial charge in [-0.15, -0.1) is 0 Å². The van der Waals surface area contributed by atoms with E-state index >= 15 is 0 Å². The average Bonchev–Trinajstić information content (AvgIpc) is 2.30. The summed E-state index contributed by atoms with van der Waals surface area (Å²) in [6.45, 7) is 0. The Morgan fingerprint density at radius 1 is 1.58 bits per heavy atom. The van der Waals surface area contributed by atoms with Crippen LogP contribution in [-0.4, -0.2) is 14.0 Å². The van der Waals surface area contributed by atoms with E-state index in [1.807, 2.05) is 0 Å². The van der Waals surface area contributed by atoms with E-state index in [1.54, 1.807) is 0 Å². The number of thiophene rings is 1. The first-order valence-corrected chi connectivity index (χ1v) is 5.82. The zero-order chi connectivity index (χ0) is 9.35. The van der Waals surface area contributed by atoms with Gasteiger partial charge < -0.3 is 0 Å². The van der Waals surface area contributed by atoms with Crippen LogP contribution in [0.5, 0.6) is 0 Å². The van der Waals surface area contributed by atoms with Gasteiger partial charge >= 0.3 is 5.00 Å². The molecule has 0 atom stereocenters. The van der Waals surface area contributed by atoms with Crippen molar-refractivity contribution >= 4 is 36.8 Å². The molecule has 0 aromatic carbocycles. The molecule has 1 aromatic heterocycles. The van der Waals surface area contributed by atoms with Crippen LogP contribution in [0.15, 0.2) is 16.3 Å². The van der Waals surface area contributed by atoms with Crippen molar-refractivity contribution in [1.82, 2.24) is 0 Å². The molecule has 1 rings (SSSR count). The predicted molar refractivity (Wildman–Crippen MR) is 47.9 cm³/mol. The van der Waals surface area contributed by atoms with Gasteiger partial charge in [-0.3, -0.25) is 19.2 Å². The van der Waals surface area contributed by atoms with Crippen LogP contribution in [0, 0.1) is 10.1 Å². The van der Waals surface area contributed by atoms with E-state index in [0.29, 0.717) is 11.3 Å². The molecule has 0 radical (unpaired) electrons. The normalized spacial score (nSPS) is 12.9. The van der Waals surface area contributed by atoms with Crippen molar-refractivity contribution in [3.05, 3.63) is 22.2 Å². The van der Waals surface area contributed by atoms with Crippen molar-refractivity contribution in [3.63, 3.8) is 0 Å². The van der Waals surface area contributed by atoms with Crippen molar-refractivity contribution in [2.24, 2.45) is 0 Å². The molecule has 1 aromatic rings. The average molecular weight is 230 g/mol. The lowest BCUT2D eigenvalue weighted by Gasteiger charge is -2.19. The van der Waals surface area contributed by atoms with Crippen molar-refractivity contribution in [3.8, 4) is 0 Å². The summed E-state index contributed by atoms with van der Waals surface area (Å²) >= 11 is 0.654. The van der Waals surface area contributed by atoms with E-state index in [2.05, 4.69) is 0 Å². The summed E-state index contributed by atoms with van der Waals surface area (Å²) in [4.78, 5) is 9.55. The molecule has 2 N–H and O–H groups in total. The van der Waals surface area contributed by atoms with E-state index in [0.717, 1.165) is 0 Å². The topological polar surface area (TPSA) is 83.6 Å². The van der Waals surface area contributed by atoms with Gasteiger partial charge in [0, 0.05) is 16.7 Å². The molecule has 0 saturated carbocycles. The van der Waals surface area contributed by atoms with Gasteiger partial charge in [0.2, 0.25) is 0 Å². The molecular formula is C4H4ClNO4S2. The molecule has 0 unspecified atom stereocenters. The first-order chi connectivity index (χ1) is 5.41. The molecule has 0 fully saturated rings. The van der Waals surface area contributed by atoms with E-state index < -0.39 is 14.7 Å². The maximum Gasteiger partial charge on any atom is 0.325 e.